The minimum Gasteiger partial charge on any atom is -0.305 e. The zero-order valence-electron chi connectivity index (χ0n) is 78.8. The van der Waals surface area contributed by atoms with Crippen molar-refractivity contribution in [2.45, 2.75) is 69.2 Å². The molecule has 0 aliphatic carbocycles. The van der Waals surface area contributed by atoms with Crippen LogP contribution in [0.3, 0.4) is 0 Å². The first-order valence-corrected chi connectivity index (χ1v) is 43.0. The van der Waals surface area contributed by atoms with Crippen LogP contribution in [0, 0.1) is 118 Å². The van der Waals surface area contributed by atoms with Crippen LogP contribution in [0.2, 0.25) is 0 Å². The first kappa shape index (κ1) is 99.4. The maximum atomic E-state index is 7.23. The molecule has 20 rings (SSSR count). The summed E-state index contributed by atoms with van der Waals surface area (Å²) in [5.41, 5.74) is 36.6. The molecule has 0 fully saturated rings. The molecule has 0 aliphatic rings. The molecule has 0 amide bonds. The van der Waals surface area contributed by atoms with Crippen molar-refractivity contribution in [3.63, 3.8) is 0 Å². The Kier molecular flexibility index (Phi) is 40.9. The fourth-order valence-electron chi connectivity index (χ4n) is 13.6. The zero-order chi connectivity index (χ0) is 92.9. The second-order valence-electron chi connectivity index (χ2n) is 30.7. The van der Waals surface area contributed by atoms with Crippen LogP contribution in [0.15, 0.2) is 426 Å². The molecule has 134 heavy (non-hydrogen) atoms. The molecule has 0 saturated carbocycles. The summed E-state index contributed by atoms with van der Waals surface area (Å²) in [6.45, 7) is 16.7. The number of pyridine rings is 8. The third-order valence-electron chi connectivity index (χ3n) is 20.9. The Morgan fingerprint density at radius 3 is 0.679 bits per heavy atom. The van der Waals surface area contributed by atoms with Crippen molar-refractivity contribution in [2.24, 2.45) is 0 Å². The molecule has 8 heterocycles. The van der Waals surface area contributed by atoms with E-state index in [1.165, 1.54) is 101 Å². The molecular weight excluding hydrogens is 2350 g/mol. The second kappa shape index (κ2) is 55.1. The third kappa shape index (κ3) is 31.6. The van der Waals surface area contributed by atoms with E-state index in [0.29, 0.717) is 0 Å². The van der Waals surface area contributed by atoms with Gasteiger partial charge in [0.15, 0.2) is 0 Å². The number of benzene rings is 12. The van der Waals surface area contributed by atoms with Crippen LogP contribution in [-0.4, -0.2) is 39.9 Å². The van der Waals surface area contributed by atoms with Gasteiger partial charge >= 0.3 is 0 Å². The average molecular weight is 2450 g/mol. The van der Waals surface area contributed by atoms with E-state index < -0.39 is 6.85 Å². The van der Waals surface area contributed by atoms with Gasteiger partial charge in [-0.2, -0.15) is 0 Å². The molecule has 0 N–H and O–H groups in total. The molecule has 12 heteroatoms. The number of rotatable bonds is 12. The standard InChI is InChI=1S/4C18H14N.C14H14N.C13H12N.C12H10N.C11H8N.4Ir/c4*1-14-12-18(16-10-6-3-7-11-16)19-13-17(14)15-8-4-2-5-9-15;1-10-4-6-13(7-5-10)14-8-11(2)12(3)9-15-14;1-10-3-6-12(7-4-10)13-8-5-11(2)9-14-13;1-10-7-8-12(13-9-10)11-5-3-2-4-6-11;1-2-6-10(7-3-1)11-8-4-5-9-12-11;;;;/h4*2-10,12-13H,1H3;4-6,8-9H,1-3H3;3-6,8-9H,1-2H3;2-5,7-9H,1H3;1-6,8-9H;;;;/q8*-1;;;;/i;;;;;;1D3;;;;;. The maximum Gasteiger partial charge on any atom is 0.0280 e. The van der Waals surface area contributed by atoms with E-state index in [9.17, 15) is 0 Å². The molecule has 8 aromatic heterocycles. The summed E-state index contributed by atoms with van der Waals surface area (Å²) in [7, 11) is 0. The minimum atomic E-state index is -2.09. The van der Waals surface area contributed by atoms with E-state index in [2.05, 4.69) is 247 Å². The van der Waals surface area contributed by atoms with Crippen LogP contribution in [0.25, 0.3) is 135 Å². The normalized spacial score (nSPS) is 10.4. The van der Waals surface area contributed by atoms with Gasteiger partial charge in [-0.05, 0) is 168 Å². The van der Waals surface area contributed by atoms with E-state index in [-0.39, 0.29) is 86.0 Å². The Morgan fingerprint density at radius 1 is 0.187 bits per heavy atom. The van der Waals surface area contributed by atoms with Gasteiger partial charge in [-0.25, -0.2) is 0 Å². The van der Waals surface area contributed by atoms with Crippen molar-refractivity contribution >= 4 is 0 Å². The number of aromatic nitrogens is 8. The Hall–Kier alpha value is -13.6. The van der Waals surface area contributed by atoms with Crippen LogP contribution >= 0.6 is 0 Å². The summed E-state index contributed by atoms with van der Waals surface area (Å²) in [5.74, 6) is 0. The van der Waals surface area contributed by atoms with Crippen LogP contribution in [-0.2, 0) is 80.4 Å². The number of nitrogens with zero attached hydrogens (tertiary/aromatic N) is 8. The van der Waals surface area contributed by atoms with Gasteiger partial charge in [-0.15, -0.1) is 286 Å². The van der Waals surface area contributed by atoms with Crippen LogP contribution in [0.5, 0.6) is 0 Å². The summed E-state index contributed by atoms with van der Waals surface area (Å²) in [4.78, 5) is 35.3. The molecule has 20 aromatic rings. The number of hydrogen-bond donors (Lipinski definition) is 0. The Bertz CT molecular complexity index is 6340. The fourth-order valence-corrected chi connectivity index (χ4v) is 13.6. The summed E-state index contributed by atoms with van der Waals surface area (Å²) in [5, 5.41) is 0. The van der Waals surface area contributed by atoms with Gasteiger partial charge in [-0.1, -0.05) is 207 Å². The smallest absolute Gasteiger partial charge is 0.0280 e. The Balaban J connectivity index is 0.000000175. The van der Waals surface area contributed by atoms with Gasteiger partial charge in [0.2, 0.25) is 0 Å². The fraction of sp³-hybridized carbons (Fsp3) is 0.0820. The Morgan fingerprint density at radius 2 is 0.433 bits per heavy atom. The van der Waals surface area contributed by atoms with E-state index in [1.807, 2.05) is 299 Å². The first-order chi connectivity index (χ1) is 64.8. The van der Waals surface area contributed by atoms with Crippen molar-refractivity contribution in [1.29, 1.82) is 0 Å². The van der Waals surface area contributed by atoms with E-state index in [0.717, 1.165) is 90.1 Å². The Labute approximate surface area is 850 Å². The molecular formula is C122H100Ir4N8-8. The van der Waals surface area contributed by atoms with Crippen LogP contribution < -0.4 is 0 Å². The summed E-state index contributed by atoms with van der Waals surface area (Å²) >= 11 is 0. The van der Waals surface area contributed by atoms with Gasteiger partial charge in [0, 0.05) is 156 Å². The van der Waals surface area contributed by atoms with Gasteiger partial charge in [0.25, 0.3) is 0 Å². The molecule has 0 saturated heterocycles. The summed E-state index contributed by atoms with van der Waals surface area (Å²) in [6.07, 6.45) is 14.8. The average Bonchev–Trinajstić information content (AvgIpc) is 0.835. The number of hydrogen-bond acceptors (Lipinski definition) is 8. The van der Waals surface area contributed by atoms with Crippen molar-refractivity contribution in [2.75, 3.05) is 0 Å². The van der Waals surface area contributed by atoms with Crippen molar-refractivity contribution < 1.29 is 84.5 Å². The van der Waals surface area contributed by atoms with E-state index in [1.54, 1.807) is 24.4 Å². The van der Waals surface area contributed by atoms with Crippen LogP contribution in [0.1, 0.15) is 59.7 Å². The minimum absolute atomic E-state index is 0. The van der Waals surface area contributed by atoms with Crippen LogP contribution in [0.4, 0.5) is 0 Å². The summed E-state index contributed by atoms with van der Waals surface area (Å²) < 4.78 is 21.7. The second-order valence-corrected chi connectivity index (χ2v) is 30.7. The largest absolute Gasteiger partial charge is 0.305 e. The van der Waals surface area contributed by atoms with Gasteiger partial charge in [-0.3, -0.25) is 0 Å². The first-order valence-electron chi connectivity index (χ1n) is 44.5. The molecule has 0 spiro atoms. The van der Waals surface area contributed by atoms with Gasteiger partial charge in [0.1, 0.15) is 0 Å². The number of aryl methyl sites for hydroxylation is 10. The van der Waals surface area contributed by atoms with Crippen molar-refractivity contribution in [3.8, 4) is 135 Å². The van der Waals surface area contributed by atoms with Crippen molar-refractivity contribution in [3.05, 3.63) is 530 Å². The maximum absolute atomic E-state index is 7.23. The third-order valence-corrected chi connectivity index (χ3v) is 20.9. The topological polar surface area (TPSA) is 103 Å². The molecule has 4 radical (unpaired) electrons. The predicted molar refractivity (Wildman–Crippen MR) is 537 cm³/mol. The van der Waals surface area contributed by atoms with Crippen molar-refractivity contribution in [1.82, 2.24) is 39.9 Å². The van der Waals surface area contributed by atoms with Gasteiger partial charge < -0.3 is 39.9 Å². The molecule has 12 aromatic carbocycles. The molecule has 0 bridgehead atoms. The predicted octanol–water partition coefficient (Wildman–Crippen LogP) is 30.1. The molecule has 0 atom stereocenters. The zero-order valence-corrected chi connectivity index (χ0v) is 85.4. The van der Waals surface area contributed by atoms with E-state index in [4.69, 9.17) is 4.11 Å². The quantitative estimate of drug-likeness (QED) is 0.111. The molecule has 8 nitrogen and oxygen atoms in total. The van der Waals surface area contributed by atoms with E-state index >= 15 is 0 Å². The molecule has 0 aliphatic heterocycles. The summed E-state index contributed by atoms with van der Waals surface area (Å²) in [6, 6.07) is 150. The van der Waals surface area contributed by atoms with Gasteiger partial charge in [0.05, 0.1) is 0 Å². The molecule has 672 valence electrons. The SMILES string of the molecule is Cc1c[c-]c(-c2cc(C)c(C)cn2)cc1.Cc1c[c-]c(-c2ccc(C)cn2)cc1.Cc1cc(-c2[c-]cccc2)ncc1-c1ccccc1.Cc1cc(-c2[c-]cccc2)ncc1-c1ccccc1.Cc1cc(-c2[c-]cccc2)ncc1-c1ccccc1.Cc1cc(-c2[c-]cccc2)ncc1-c1ccccc1.[2H]C([2H])([2H])c1ccc(-c2[c-]cccc2)nc1.[Ir].[Ir].[Ir].[Ir].[c-]1ccccc1-c1ccccn1. The molecule has 0 unspecified atom stereocenters. The monoisotopic (exact) mass is 2450 g/mol.